The Morgan fingerprint density at radius 2 is 2.00 bits per heavy atom. The predicted molar refractivity (Wildman–Crippen MR) is 62.8 cm³/mol. The summed E-state index contributed by atoms with van der Waals surface area (Å²) < 4.78 is 0. The maximum Gasteiger partial charge on any atom is 0.141 e. The minimum Gasteiger partial charge on any atom is -0.382 e. The van der Waals surface area contributed by atoms with Gasteiger partial charge in [-0.15, -0.1) is 0 Å². The summed E-state index contributed by atoms with van der Waals surface area (Å²) in [5, 5.41) is 9.12. The lowest BCUT2D eigenvalue weighted by Gasteiger charge is -2.03. The SMILES string of the molecule is N=C(N)c1ccc2cc(Cl)cc(Cl)c2n1. The number of amidine groups is 1. The first-order valence-electron chi connectivity index (χ1n) is 4.18. The van der Waals surface area contributed by atoms with E-state index >= 15 is 0 Å². The van der Waals surface area contributed by atoms with Crippen LogP contribution in [-0.4, -0.2) is 10.8 Å². The summed E-state index contributed by atoms with van der Waals surface area (Å²) in [6.07, 6.45) is 0. The van der Waals surface area contributed by atoms with E-state index in [0.29, 0.717) is 21.3 Å². The number of benzene rings is 1. The molecule has 15 heavy (non-hydrogen) atoms. The lowest BCUT2D eigenvalue weighted by atomic mass is 10.2. The Balaban J connectivity index is 2.76. The predicted octanol–water partition coefficient (Wildman–Crippen LogP) is 2.83. The first-order chi connectivity index (χ1) is 7.08. The zero-order valence-electron chi connectivity index (χ0n) is 7.59. The molecule has 5 heteroatoms. The first kappa shape index (κ1) is 10.2. The van der Waals surface area contributed by atoms with Crippen molar-refractivity contribution in [3.8, 4) is 0 Å². The van der Waals surface area contributed by atoms with Crippen LogP contribution in [0.3, 0.4) is 0 Å². The van der Waals surface area contributed by atoms with Crippen LogP contribution in [0.25, 0.3) is 10.9 Å². The molecule has 76 valence electrons. The molecule has 0 bridgehead atoms. The molecule has 2 aromatic rings. The summed E-state index contributed by atoms with van der Waals surface area (Å²) in [5.74, 6) is -0.0806. The van der Waals surface area contributed by atoms with Crippen LogP contribution in [0.5, 0.6) is 0 Å². The Labute approximate surface area is 96.3 Å². The number of nitrogens with zero attached hydrogens (tertiary/aromatic N) is 1. The van der Waals surface area contributed by atoms with Crippen molar-refractivity contribution in [3.63, 3.8) is 0 Å². The number of pyridine rings is 1. The molecule has 1 aromatic heterocycles. The van der Waals surface area contributed by atoms with Gasteiger partial charge in [0.25, 0.3) is 0 Å². The van der Waals surface area contributed by atoms with E-state index in [0.717, 1.165) is 5.39 Å². The molecule has 0 amide bonds. The Morgan fingerprint density at radius 3 is 2.67 bits per heavy atom. The topological polar surface area (TPSA) is 62.8 Å². The standard InChI is InChI=1S/C10H7Cl2N3/c11-6-3-5-1-2-8(10(13)14)15-9(5)7(12)4-6/h1-4H,(H3,13,14). The Bertz CT molecular complexity index is 552. The van der Waals surface area contributed by atoms with Crippen molar-refractivity contribution in [1.82, 2.24) is 4.98 Å². The molecular weight excluding hydrogens is 233 g/mol. The molecule has 3 nitrogen and oxygen atoms in total. The molecule has 0 unspecified atom stereocenters. The number of nitrogens with one attached hydrogen (secondary N) is 1. The van der Waals surface area contributed by atoms with Crippen molar-refractivity contribution in [2.45, 2.75) is 0 Å². The third-order valence-electron chi connectivity index (χ3n) is 1.99. The molecule has 1 heterocycles. The van der Waals surface area contributed by atoms with Gasteiger partial charge in [-0.2, -0.15) is 0 Å². The van der Waals surface area contributed by atoms with E-state index in [9.17, 15) is 0 Å². The van der Waals surface area contributed by atoms with Gasteiger partial charge < -0.3 is 5.73 Å². The van der Waals surface area contributed by atoms with Gasteiger partial charge in [0.05, 0.1) is 10.5 Å². The van der Waals surface area contributed by atoms with Crippen LogP contribution in [0.4, 0.5) is 0 Å². The van der Waals surface area contributed by atoms with E-state index in [2.05, 4.69) is 4.98 Å². The summed E-state index contributed by atoms with van der Waals surface area (Å²) in [5.41, 5.74) is 6.35. The van der Waals surface area contributed by atoms with Crippen molar-refractivity contribution in [1.29, 1.82) is 5.41 Å². The number of aromatic nitrogens is 1. The normalized spacial score (nSPS) is 10.5. The monoisotopic (exact) mass is 239 g/mol. The lowest BCUT2D eigenvalue weighted by molar-refractivity contribution is 1.31. The minimum atomic E-state index is -0.0806. The van der Waals surface area contributed by atoms with E-state index in [1.807, 2.05) is 0 Å². The molecule has 0 radical (unpaired) electrons. The third-order valence-corrected chi connectivity index (χ3v) is 2.49. The summed E-state index contributed by atoms with van der Waals surface area (Å²) in [6.45, 7) is 0. The molecule has 0 saturated carbocycles. The van der Waals surface area contributed by atoms with Gasteiger partial charge in [-0.1, -0.05) is 29.3 Å². The van der Waals surface area contributed by atoms with Crippen LogP contribution in [0.2, 0.25) is 10.0 Å². The van der Waals surface area contributed by atoms with Crippen molar-refractivity contribution < 1.29 is 0 Å². The van der Waals surface area contributed by atoms with Crippen molar-refractivity contribution >= 4 is 39.9 Å². The highest BCUT2D eigenvalue weighted by molar-refractivity contribution is 6.38. The third kappa shape index (κ3) is 1.89. The fourth-order valence-corrected chi connectivity index (χ4v) is 1.86. The number of nitrogens with two attached hydrogens (primary N) is 1. The van der Waals surface area contributed by atoms with Crippen LogP contribution in [0, 0.1) is 5.41 Å². The van der Waals surface area contributed by atoms with Gasteiger partial charge in [0, 0.05) is 10.4 Å². The maximum atomic E-state index is 7.27. The van der Waals surface area contributed by atoms with E-state index in [-0.39, 0.29) is 5.84 Å². The van der Waals surface area contributed by atoms with Crippen molar-refractivity contribution in [2.75, 3.05) is 0 Å². The van der Waals surface area contributed by atoms with Crippen LogP contribution in [0.15, 0.2) is 24.3 Å². The molecule has 0 spiro atoms. The molecule has 0 fully saturated rings. The first-order valence-corrected chi connectivity index (χ1v) is 4.94. The van der Waals surface area contributed by atoms with E-state index in [1.54, 1.807) is 24.3 Å². The second-order valence-corrected chi connectivity index (χ2v) is 3.91. The molecule has 1 aromatic carbocycles. The average Bonchev–Trinajstić information content (AvgIpc) is 2.16. The number of hydrogen-bond acceptors (Lipinski definition) is 2. The van der Waals surface area contributed by atoms with Gasteiger partial charge >= 0.3 is 0 Å². The molecule has 0 saturated heterocycles. The Morgan fingerprint density at radius 1 is 1.27 bits per heavy atom. The molecule has 0 atom stereocenters. The molecule has 0 aliphatic carbocycles. The van der Waals surface area contributed by atoms with Crippen LogP contribution in [-0.2, 0) is 0 Å². The molecule has 2 rings (SSSR count). The fourth-order valence-electron chi connectivity index (χ4n) is 1.31. The highest BCUT2D eigenvalue weighted by atomic mass is 35.5. The number of fused-ring (bicyclic) bond motifs is 1. The number of nitrogen functional groups attached to an aromatic ring is 1. The van der Waals surface area contributed by atoms with Crippen LogP contribution >= 0.6 is 23.2 Å². The largest absolute Gasteiger partial charge is 0.382 e. The summed E-state index contributed by atoms with van der Waals surface area (Å²) in [7, 11) is 0. The molecule has 0 aliphatic heterocycles. The second-order valence-electron chi connectivity index (χ2n) is 3.07. The average molecular weight is 240 g/mol. The highest BCUT2D eigenvalue weighted by Crippen LogP contribution is 2.26. The van der Waals surface area contributed by atoms with Crippen LogP contribution in [0.1, 0.15) is 5.69 Å². The lowest BCUT2D eigenvalue weighted by Crippen LogP contribution is -2.12. The van der Waals surface area contributed by atoms with Gasteiger partial charge in [0.2, 0.25) is 0 Å². The van der Waals surface area contributed by atoms with Gasteiger partial charge in [-0.05, 0) is 18.2 Å². The fraction of sp³-hybridized carbons (Fsp3) is 0. The molecule has 3 N–H and O–H groups in total. The van der Waals surface area contributed by atoms with E-state index in [1.165, 1.54) is 0 Å². The van der Waals surface area contributed by atoms with Crippen molar-refractivity contribution in [2.24, 2.45) is 5.73 Å². The summed E-state index contributed by atoms with van der Waals surface area (Å²) in [6, 6.07) is 6.83. The van der Waals surface area contributed by atoms with Gasteiger partial charge in [-0.3, -0.25) is 5.41 Å². The number of rotatable bonds is 1. The van der Waals surface area contributed by atoms with Gasteiger partial charge in [0.15, 0.2) is 0 Å². The van der Waals surface area contributed by atoms with Gasteiger partial charge in [0.1, 0.15) is 11.5 Å². The van der Waals surface area contributed by atoms with Crippen LogP contribution < -0.4 is 5.73 Å². The van der Waals surface area contributed by atoms with Crippen molar-refractivity contribution in [3.05, 3.63) is 40.0 Å². The maximum absolute atomic E-state index is 7.27. The summed E-state index contributed by atoms with van der Waals surface area (Å²) in [4.78, 5) is 4.18. The Kier molecular flexibility index (Phi) is 2.50. The zero-order chi connectivity index (χ0) is 11.0. The van der Waals surface area contributed by atoms with E-state index < -0.39 is 0 Å². The minimum absolute atomic E-state index is 0.0806. The second kappa shape index (κ2) is 3.68. The molecule has 0 aliphatic rings. The number of hydrogen-bond donors (Lipinski definition) is 2. The summed E-state index contributed by atoms with van der Waals surface area (Å²) >= 11 is 11.8. The zero-order valence-corrected chi connectivity index (χ0v) is 9.10. The number of halogens is 2. The highest BCUT2D eigenvalue weighted by Gasteiger charge is 2.05. The quantitative estimate of drug-likeness (QED) is 0.594. The Hall–Kier alpha value is -1.32. The van der Waals surface area contributed by atoms with Gasteiger partial charge in [-0.25, -0.2) is 4.98 Å². The molecular formula is C10H7Cl2N3. The van der Waals surface area contributed by atoms with E-state index in [4.69, 9.17) is 34.3 Å². The smallest absolute Gasteiger partial charge is 0.141 e.